The van der Waals surface area contributed by atoms with Crippen LogP contribution in [0.25, 0.3) is 5.65 Å². The van der Waals surface area contributed by atoms with E-state index in [1.165, 1.54) is 12.8 Å². The highest BCUT2D eigenvalue weighted by Crippen LogP contribution is 2.30. The molecule has 0 radical (unpaired) electrons. The summed E-state index contributed by atoms with van der Waals surface area (Å²) >= 11 is 3.48. The summed E-state index contributed by atoms with van der Waals surface area (Å²) in [7, 11) is 0. The third-order valence-corrected chi connectivity index (χ3v) is 3.05. The smallest absolute Gasteiger partial charge is 0.199 e. The summed E-state index contributed by atoms with van der Waals surface area (Å²) < 4.78 is 1.74. The molecular weight excluding hydrogens is 272 g/mol. The van der Waals surface area contributed by atoms with Crippen molar-refractivity contribution in [3.05, 3.63) is 12.4 Å². The fourth-order valence-corrected chi connectivity index (χ4v) is 2.20. The Bertz CT molecular complexity index is 493. The fraction of sp³-hybridized carbons (Fsp3) is 0.556. The maximum absolute atomic E-state index is 4.18. The minimum atomic E-state index is 0.620. The van der Waals surface area contributed by atoms with Crippen LogP contribution in [0.2, 0.25) is 0 Å². The predicted octanol–water partition coefficient (Wildman–Crippen LogP) is 0.883. The zero-order chi connectivity index (χ0) is 11.0. The Kier molecular flexibility index (Phi) is 2.47. The number of nitrogens with zero attached hydrogens (tertiary/aromatic N) is 6. The SMILES string of the molecule is BrCCN(c1cncc2nnnn12)C1CC1. The summed E-state index contributed by atoms with van der Waals surface area (Å²) in [6.45, 7) is 0.950. The molecule has 0 unspecified atom stereocenters. The van der Waals surface area contributed by atoms with Gasteiger partial charge in [-0.1, -0.05) is 15.9 Å². The molecule has 2 aromatic heterocycles. The molecule has 1 aliphatic rings. The Labute approximate surface area is 101 Å². The summed E-state index contributed by atoms with van der Waals surface area (Å²) in [6, 6.07) is 0.620. The summed E-state index contributed by atoms with van der Waals surface area (Å²) in [5.41, 5.74) is 0.692. The lowest BCUT2D eigenvalue weighted by Gasteiger charge is -2.22. The van der Waals surface area contributed by atoms with Gasteiger partial charge in [-0.2, -0.15) is 4.52 Å². The Morgan fingerprint density at radius 1 is 1.44 bits per heavy atom. The maximum atomic E-state index is 4.18. The number of hydrogen-bond acceptors (Lipinski definition) is 5. The zero-order valence-corrected chi connectivity index (χ0v) is 10.2. The van der Waals surface area contributed by atoms with Crippen molar-refractivity contribution < 1.29 is 0 Å². The molecule has 84 valence electrons. The topological polar surface area (TPSA) is 59.2 Å². The molecule has 1 saturated carbocycles. The molecule has 3 rings (SSSR count). The fourth-order valence-electron chi connectivity index (χ4n) is 1.82. The van der Waals surface area contributed by atoms with Gasteiger partial charge in [0.2, 0.25) is 0 Å². The van der Waals surface area contributed by atoms with Crippen LogP contribution in [0.3, 0.4) is 0 Å². The molecule has 1 fully saturated rings. The van der Waals surface area contributed by atoms with Crippen LogP contribution in [0.5, 0.6) is 0 Å². The predicted molar refractivity (Wildman–Crippen MR) is 62.7 cm³/mol. The van der Waals surface area contributed by atoms with Crippen LogP contribution < -0.4 is 4.90 Å². The highest BCUT2D eigenvalue weighted by Gasteiger charge is 2.30. The lowest BCUT2D eigenvalue weighted by Crippen LogP contribution is -2.29. The minimum absolute atomic E-state index is 0.620. The van der Waals surface area contributed by atoms with Gasteiger partial charge in [0, 0.05) is 17.9 Å². The first-order valence-corrected chi connectivity index (χ1v) is 6.37. The summed E-state index contributed by atoms with van der Waals surface area (Å²) in [5.74, 6) is 0.976. The van der Waals surface area contributed by atoms with Gasteiger partial charge in [-0.25, -0.2) is 0 Å². The van der Waals surface area contributed by atoms with Gasteiger partial charge < -0.3 is 4.90 Å². The Morgan fingerprint density at radius 2 is 2.31 bits per heavy atom. The average molecular weight is 283 g/mol. The van der Waals surface area contributed by atoms with Crippen LogP contribution in [-0.2, 0) is 0 Å². The van der Waals surface area contributed by atoms with Crippen molar-refractivity contribution in [2.75, 3.05) is 16.8 Å². The van der Waals surface area contributed by atoms with E-state index in [1.807, 2.05) is 6.20 Å². The molecule has 2 aromatic rings. The Morgan fingerprint density at radius 3 is 3.06 bits per heavy atom. The van der Waals surface area contributed by atoms with Crippen molar-refractivity contribution in [1.29, 1.82) is 0 Å². The second kappa shape index (κ2) is 3.97. The second-order valence-electron chi connectivity index (χ2n) is 3.83. The largest absolute Gasteiger partial charge is 0.351 e. The first kappa shape index (κ1) is 9.95. The van der Waals surface area contributed by atoms with Crippen LogP contribution in [0, 0.1) is 0 Å². The Hall–Kier alpha value is -1.24. The summed E-state index contributed by atoms with van der Waals surface area (Å²) in [6.07, 6.45) is 5.98. The van der Waals surface area contributed by atoms with E-state index in [-0.39, 0.29) is 0 Å². The molecule has 1 aliphatic carbocycles. The standard InChI is InChI=1S/C9H11BrN6/c10-3-4-15(7-1-2-7)9-6-11-5-8-12-13-14-16(8)9/h5-7H,1-4H2. The van der Waals surface area contributed by atoms with Crippen molar-refractivity contribution in [2.45, 2.75) is 18.9 Å². The number of halogens is 1. The number of tetrazole rings is 1. The Balaban J connectivity index is 2.04. The van der Waals surface area contributed by atoms with E-state index in [9.17, 15) is 0 Å². The van der Waals surface area contributed by atoms with Crippen molar-refractivity contribution in [3.8, 4) is 0 Å². The molecule has 0 N–H and O–H groups in total. The second-order valence-corrected chi connectivity index (χ2v) is 4.62. The first-order chi connectivity index (χ1) is 7.90. The third kappa shape index (κ3) is 1.64. The molecule has 6 nitrogen and oxygen atoms in total. The summed E-state index contributed by atoms with van der Waals surface area (Å²) in [5, 5.41) is 12.5. The number of fused-ring (bicyclic) bond motifs is 1. The number of alkyl halides is 1. The van der Waals surface area contributed by atoms with E-state index in [4.69, 9.17) is 0 Å². The average Bonchev–Trinajstić information content (AvgIpc) is 3.02. The van der Waals surface area contributed by atoms with Gasteiger partial charge in [0.1, 0.15) is 0 Å². The lowest BCUT2D eigenvalue weighted by atomic mass is 10.4. The van der Waals surface area contributed by atoms with E-state index >= 15 is 0 Å². The molecular formula is C9H11BrN6. The van der Waals surface area contributed by atoms with Gasteiger partial charge in [0.25, 0.3) is 0 Å². The van der Waals surface area contributed by atoms with Crippen molar-refractivity contribution in [2.24, 2.45) is 0 Å². The van der Waals surface area contributed by atoms with E-state index in [1.54, 1.807) is 10.7 Å². The van der Waals surface area contributed by atoms with Gasteiger partial charge in [-0.05, 0) is 23.3 Å². The van der Waals surface area contributed by atoms with Gasteiger partial charge in [-0.3, -0.25) is 4.98 Å². The van der Waals surface area contributed by atoms with Gasteiger partial charge >= 0.3 is 0 Å². The van der Waals surface area contributed by atoms with Crippen molar-refractivity contribution in [1.82, 2.24) is 25.0 Å². The van der Waals surface area contributed by atoms with E-state index < -0.39 is 0 Å². The molecule has 0 amide bonds. The molecule has 16 heavy (non-hydrogen) atoms. The maximum Gasteiger partial charge on any atom is 0.199 e. The number of rotatable bonds is 4. The van der Waals surface area contributed by atoms with E-state index in [2.05, 4.69) is 41.3 Å². The van der Waals surface area contributed by atoms with Gasteiger partial charge in [-0.15, -0.1) is 5.10 Å². The molecule has 0 spiro atoms. The molecule has 0 atom stereocenters. The number of anilines is 1. The molecule has 2 heterocycles. The quantitative estimate of drug-likeness (QED) is 0.780. The zero-order valence-electron chi connectivity index (χ0n) is 8.62. The van der Waals surface area contributed by atoms with Crippen molar-refractivity contribution in [3.63, 3.8) is 0 Å². The van der Waals surface area contributed by atoms with Crippen LogP contribution in [0.4, 0.5) is 5.82 Å². The normalized spacial score (nSPS) is 15.6. The number of aromatic nitrogens is 5. The first-order valence-electron chi connectivity index (χ1n) is 5.25. The minimum Gasteiger partial charge on any atom is -0.351 e. The molecule has 7 heteroatoms. The van der Waals surface area contributed by atoms with E-state index in [0.29, 0.717) is 11.7 Å². The van der Waals surface area contributed by atoms with Crippen LogP contribution in [-0.4, -0.2) is 42.9 Å². The highest BCUT2D eigenvalue weighted by molar-refractivity contribution is 9.09. The highest BCUT2D eigenvalue weighted by atomic mass is 79.9. The van der Waals surface area contributed by atoms with Crippen LogP contribution in [0.15, 0.2) is 12.4 Å². The molecule has 0 aliphatic heterocycles. The summed E-state index contributed by atoms with van der Waals surface area (Å²) in [4.78, 5) is 6.49. The number of hydrogen-bond donors (Lipinski definition) is 0. The van der Waals surface area contributed by atoms with Gasteiger partial charge in [0.15, 0.2) is 11.5 Å². The van der Waals surface area contributed by atoms with E-state index in [0.717, 1.165) is 17.7 Å². The van der Waals surface area contributed by atoms with Crippen LogP contribution >= 0.6 is 15.9 Å². The molecule has 0 aromatic carbocycles. The lowest BCUT2D eigenvalue weighted by molar-refractivity contribution is 0.750. The molecule has 0 bridgehead atoms. The third-order valence-electron chi connectivity index (χ3n) is 2.70. The molecule has 0 saturated heterocycles. The monoisotopic (exact) mass is 282 g/mol. The van der Waals surface area contributed by atoms with Crippen LogP contribution in [0.1, 0.15) is 12.8 Å². The van der Waals surface area contributed by atoms with Crippen molar-refractivity contribution >= 4 is 27.4 Å². The van der Waals surface area contributed by atoms with Gasteiger partial charge in [0.05, 0.1) is 12.4 Å².